The second-order valence-electron chi connectivity index (χ2n) is 7.46. The van der Waals surface area contributed by atoms with Crippen LogP contribution in [0.3, 0.4) is 0 Å². The number of fused-ring (bicyclic) bond motifs is 1. The first kappa shape index (κ1) is 21.8. The second kappa shape index (κ2) is 8.41. The van der Waals surface area contributed by atoms with Gasteiger partial charge >= 0.3 is 0 Å². The molecule has 5 aromatic rings. The number of benzene rings is 2. The molecule has 12 heteroatoms. The van der Waals surface area contributed by atoms with Gasteiger partial charge in [-0.3, -0.25) is 9.59 Å². The van der Waals surface area contributed by atoms with E-state index < -0.39 is 34.5 Å². The first-order valence-corrected chi connectivity index (χ1v) is 10.2. The largest absolute Gasteiger partial charge is 0.421 e. The summed E-state index contributed by atoms with van der Waals surface area (Å²) < 4.78 is 34.8. The van der Waals surface area contributed by atoms with Crippen molar-refractivity contribution in [2.24, 2.45) is 5.73 Å². The number of aromatic nitrogens is 5. The third-order valence-electron chi connectivity index (χ3n) is 5.20. The lowest BCUT2D eigenvalue weighted by atomic mass is 9.99. The molecule has 0 atom stereocenters. The van der Waals surface area contributed by atoms with Gasteiger partial charge in [-0.05, 0) is 30.3 Å². The van der Waals surface area contributed by atoms with Gasteiger partial charge in [-0.15, -0.1) is 10.2 Å². The molecule has 0 unspecified atom stereocenters. The zero-order valence-electron chi connectivity index (χ0n) is 18.0. The number of carbonyl (C=O) groups is 2. The third kappa shape index (κ3) is 3.86. The monoisotopic (exact) mass is 475 g/mol. The summed E-state index contributed by atoms with van der Waals surface area (Å²) in [5, 5.41) is 11.1. The van der Waals surface area contributed by atoms with E-state index in [1.807, 2.05) is 0 Å². The molecule has 2 aromatic carbocycles. The number of hydrogen-bond acceptors (Lipinski definition) is 8. The van der Waals surface area contributed by atoms with E-state index >= 15 is 0 Å². The highest BCUT2D eigenvalue weighted by molar-refractivity contribution is 6.19. The van der Waals surface area contributed by atoms with Gasteiger partial charge in [0.25, 0.3) is 5.91 Å². The molecule has 0 saturated heterocycles. The number of hydrogen-bond donors (Lipinski definition) is 3. The number of halogens is 2. The van der Waals surface area contributed by atoms with Crippen LogP contribution in [0.25, 0.3) is 22.5 Å². The van der Waals surface area contributed by atoms with E-state index in [4.69, 9.17) is 10.2 Å². The fourth-order valence-electron chi connectivity index (χ4n) is 3.60. The Morgan fingerprint density at radius 3 is 2.66 bits per heavy atom. The summed E-state index contributed by atoms with van der Waals surface area (Å²) in [6, 6.07) is 8.68. The highest BCUT2D eigenvalue weighted by Crippen LogP contribution is 2.31. The summed E-state index contributed by atoms with van der Waals surface area (Å²) in [4.78, 5) is 35.8. The minimum Gasteiger partial charge on any atom is -0.421 e. The van der Waals surface area contributed by atoms with Crippen molar-refractivity contribution in [3.8, 4) is 11.5 Å². The SMILES string of the molecule is Cc1nnc(-c2cccc(Nc3ncnc4[nH]cc(C(=O)c5c(F)ccc(C(N)=O)c5F)c34)c2)o1. The summed E-state index contributed by atoms with van der Waals surface area (Å²) in [6.07, 6.45) is 2.52. The van der Waals surface area contributed by atoms with Crippen LogP contribution in [-0.4, -0.2) is 36.8 Å². The molecule has 1 amide bonds. The summed E-state index contributed by atoms with van der Waals surface area (Å²) in [5.74, 6) is -3.69. The Bertz CT molecular complexity index is 1630. The number of aromatic amines is 1. The van der Waals surface area contributed by atoms with Crippen LogP contribution in [-0.2, 0) is 0 Å². The zero-order valence-corrected chi connectivity index (χ0v) is 18.0. The number of amides is 1. The van der Waals surface area contributed by atoms with Gasteiger partial charge in [0.05, 0.1) is 22.1 Å². The Kier molecular flexibility index (Phi) is 5.24. The van der Waals surface area contributed by atoms with E-state index in [9.17, 15) is 18.4 Å². The summed E-state index contributed by atoms with van der Waals surface area (Å²) >= 11 is 0. The maximum absolute atomic E-state index is 14.8. The average Bonchev–Trinajstić information content (AvgIpc) is 3.46. The average molecular weight is 475 g/mol. The minimum absolute atomic E-state index is 0.105. The van der Waals surface area contributed by atoms with Crippen LogP contribution >= 0.6 is 0 Å². The number of primary amides is 1. The van der Waals surface area contributed by atoms with Crippen molar-refractivity contribution < 1.29 is 22.8 Å². The second-order valence-corrected chi connectivity index (χ2v) is 7.46. The Balaban J connectivity index is 1.58. The lowest BCUT2D eigenvalue weighted by Gasteiger charge is -2.10. The zero-order chi connectivity index (χ0) is 24.7. The smallest absolute Gasteiger partial charge is 0.251 e. The molecule has 0 aliphatic carbocycles. The molecule has 0 radical (unpaired) electrons. The van der Waals surface area contributed by atoms with Crippen molar-refractivity contribution in [3.63, 3.8) is 0 Å². The molecule has 5 rings (SSSR count). The van der Waals surface area contributed by atoms with Crippen molar-refractivity contribution in [1.82, 2.24) is 25.1 Å². The van der Waals surface area contributed by atoms with Crippen molar-refractivity contribution in [3.05, 3.63) is 83.1 Å². The van der Waals surface area contributed by atoms with E-state index in [0.29, 0.717) is 23.0 Å². The van der Waals surface area contributed by atoms with Gasteiger partial charge in [0, 0.05) is 24.4 Å². The van der Waals surface area contributed by atoms with Crippen molar-refractivity contribution in [2.45, 2.75) is 6.92 Å². The maximum atomic E-state index is 14.8. The number of ketones is 1. The van der Waals surface area contributed by atoms with Gasteiger partial charge in [0.1, 0.15) is 29.4 Å². The van der Waals surface area contributed by atoms with Crippen LogP contribution in [0.15, 0.2) is 53.3 Å². The fourth-order valence-corrected chi connectivity index (χ4v) is 3.60. The van der Waals surface area contributed by atoms with Gasteiger partial charge in [-0.1, -0.05) is 6.07 Å². The van der Waals surface area contributed by atoms with Crippen LogP contribution in [0, 0.1) is 18.6 Å². The number of aryl methyl sites for hydroxylation is 1. The molecule has 3 heterocycles. The summed E-state index contributed by atoms with van der Waals surface area (Å²) in [6.45, 7) is 1.67. The summed E-state index contributed by atoms with van der Waals surface area (Å²) in [5.41, 5.74) is 4.98. The van der Waals surface area contributed by atoms with Crippen molar-refractivity contribution >= 4 is 34.2 Å². The van der Waals surface area contributed by atoms with Crippen molar-refractivity contribution in [2.75, 3.05) is 5.32 Å². The fraction of sp³-hybridized carbons (Fsp3) is 0.0435. The van der Waals surface area contributed by atoms with Gasteiger partial charge in [0.2, 0.25) is 17.6 Å². The van der Waals surface area contributed by atoms with Gasteiger partial charge in [-0.25, -0.2) is 18.7 Å². The number of nitrogens with two attached hydrogens (primary N) is 1. The number of H-pyrrole nitrogens is 1. The molecule has 0 bridgehead atoms. The summed E-state index contributed by atoms with van der Waals surface area (Å²) in [7, 11) is 0. The first-order chi connectivity index (χ1) is 16.8. The van der Waals surface area contributed by atoms with E-state index in [2.05, 4.69) is 30.5 Å². The van der Waals surface area contributed by atoms with Crippen LogP contribution in [0.2, 0.25) is 0 Å². The molecule has 0 spiro atoms. The van der Waals surface area contributed by atoms with E-state index in [0.717, 1.165) is 12.1 Å². The number of nitrogens with zero attached hydrogens (tertiary/aromatic N) is 4. The molecule has 0 aliphatic heterocycles. The lowest BCUT2D eigenvalue weighted by molar-refractivity contribution is 0.0996. The van der Waals surface area contributed by atoms with E-state index in [1.165, 1.54) is 12.5 Å². The van der Waals surface area contributed by atoms with Crippen LogP contribution in [0.4, 0.5) is 20.3 Å². The quantitative estimate of drug-likeness (QED) is 0.315. The molecular weight excluding hydrogens is 460 g/mol. The van der Waals surface area contributed by atoms with Crippen molar-refractivity contribution in [1.29, 1.82) is 0 Å². The molecule has 174 valence electrons. The molecule has 35 heavy (non-hydrogen) atoms. The molecule has 0 saturated carbocycles. The normalized spacial score (nSPS) is 11.1. The maximum Gasteiger partial charge on any atom is 0.251 e. The number of anilines is 2. The Hall–Kier alpha value is -5.00. The lowest BCUT2D eigenvalue weighted by Crippen LogP contribution is -2.17. The first-order valence-electron chi connectivity index (χ1n) is 10.2. The Labute approximate surface area is 195 Å². The van der Waals surface area contributed by atoms with E-state index in [1.54, 1.807) is 31.2 Å². The Morgan fingerprint density at radius 2 is 1.91 bits per heavy atom. The predicted octanol–water partition coefficient (Wildman–Crippen LogP) is 3.67. The number of nitrogens with one attached hydrogen (secondary N) is 2. The van der Waals surface area contributed by atoms with Crippen LogP contribution in [0.5, 0.6) is 0 Å². The van der Waals surface area contributed by atoms with E-state index in [-0.39, 0.29) is 22.4 Å². The molecule has 4 N–H and O–H groups in total. The highest BCUT2D eigenvalue weighted by Gasteiger charge is 2.27. The van der Waals surface area contributed by atoms with Crippen LogP contribution < -0.4 is 11.1 Å². The number of rotatable bonds is 6. The highest BCUT2D eigenvalue weighted by atomic mass is 19.1. The molecular formula is C23H15F2N7O3. The predicted molar refractivity (Wildman–Crippen MR) is 120 cm³/mol. The molecule has 10 nitrogen and oxygen atoms in total. The standard InChI is InChI=1S/C23H15F2N7O3/c1-10-31-32-23(35-10)11-3-2-4-12(7-11)30-22-16-14(8-27-21(16)28-9-29-22)19(33)17-15(24)6-5-13(18(17)25)20(26)34/h2-9H,1H3,(H2,26,34)(H2,27,28,29,30). The molecule has 0 aliphatic rings. The Morgan fingerprint density at radius 1 is 1.09 bits per heavy atom. The minimum atomic E-state index is -1.34. The van der Waals surface area contributed by atoms with Gasteiger partial charge in [-0.2, -0.15) is 0 Å². The third-order valence-corrected chi connectivity index (χ3v) is 5.20. The van der Waals surface area contributed by atoms with Gasteiger partial charge in [0.15, 0.2) is 0 Å². The number of carbonyl (C=O) groups excluding carboxylic acids is 2. The molecule has 0 fully saturated rings. The topological polar surface area (TPSA) is 153 Å². The van der Waals surface area contributed by atoms with Crippen LogP contribution in [0.1, 0.15) is 32.2 Å². The van der Waals surface area contributed by atoms with Gasteiger partial charge < -0.3 is 20.5 Å². The molecule has 3 aromatic heterocycles.